The van der Waals surface area contributed by atoms with E-state index in [0.717, 1.165) is 0 Å². The Labute approximate surface area is 154 Å². The van der Waals surface area contributed by atoms with Gasteiger partial charge in [-0.05, 0) is 29.8 Å². The van der Waals surface area contributed by atoms with Gasteiger partial charge in [0.25, 0.3) is 5.91 Å². The molecule has 0 aliphatic heterocycles. The number of carboxylic acid groups (broad SMARTS) is 2. The fraction of sp³-hybridized carbons (Fsp3) is 0.158. The molecule has 0 aromatic heterocycles. The second-order valence-electron chi connectivity index (χ2n) is 5.80. The molecule has 4 N–H and O–H groups in total. The minimum absolute atomic E-state index is 0.0245. The van der Waals surface area contributed by atoms with E-state index >= 15 is 0 Å². The number of carbonyl (C=O) groups excluding carboxylic acids is 2. The van der Waals surface area contributed by atoms with Crippen LogP contribution in [0.3, 0.4) is 0 Å². The predicted molar refractivity (Wildman–Crippen MR) is 96.7 cm³/mol. The summed E-state index contributed by atoms with van der Waals surface area (Å²) in [7, 11) is 0. The van der Waals surface area contributed by atoms with E-state index in [-0.39, 0.29) is 29.1 Å². The fourth-order valence-electron chi connectivity index (χ4n) is 2.43. The molecule has 1 atom stereocenters. The van der Waals surface area contributed by atoms with Gasteiger partial charge in [0.15, 0.2) is 0 Å². The van der Waals surface area contributed by atoms with Crippen LogP contribution in [-0.4, -0.2) is 40.0 Å². The van der Waals surface area contributed by atoms with Crippen molar-refractivity contribution in [3.8, 4) is 0 Å². The number of hydrogen-bond acceptors (Lipinski definition) is 4. The minimum Gasteiger partial charge on any atom is -0.480 e. The summed E-state index contributed by atoms with van der Waals surface area (Å²) in [4.78, 5) is 46.2. The quantitative estimate of drug-likeness (QED) is 0.587. The van der Waals surface area contributed by atoms with Gasteiger partial charge in [0.1, 0.15) is 6.04 Å². The van der Waals surface area contributed by atoms with Crippen molar-refractivity contribution in [1.29, 1.82) is 0 Å². The van der Waals surface area contributed by atoms with Crippen molar-refractivity contribution >= 4 is 29.4 Å². The van der Waals surface area contributed by atoms with Crippen LogP contribution in [0.1, 0.15) is 33.2 Å². The minimum atomic E-state index is -1.23. The van der Waals surface area contributed by atoms with Gasteiger partial charge in [0, 0.05) is 13.3 Å². The van der Waals surface area contributed by atoms with E-state index in [1.807, 2.05) is 0 Å². The summed E-state index contributed by atoms with van der Waals surface area (Å²) in [6, 6.07) is 10.8. The number of carboxylic acids is 2. The highest BCUT2D eigenvalue weighted by atomic mass is 16.4. The lowest BCUT2D eigenvalue weighted by Gasteiger charge is -2.16. The molecule has 2 rings (SSSR count). The van der Waals surface area contributed by atoms with E-state index in [0.29, 0.717) is 5.56 Å². The van der Waals surface area contributed by atoms with Crippen molar-refractivity contribution in [3.63, 3.8) is 0 Å². The molecular formula is C19H18N2O6. The first kappa shape index (κ1) is 19.6. The molecule has 0 aliphatic rings. The van der Waals surface area contributed by atoms with E-state index < -0.39 is 23.9 Å². The molecule has 8 nitrogen and oxygen atoms in total. The predicted octanol–water partition coefficient (Wildman–Crippen LogP) is 1.77. The van der Waals surface area contributed by atoms with Gasteiger partial charge in [0.05, 0.1) is 16.8 Å². The van der Waals surface area contributed by atoms with Crippen LogP contribution in [0.25, 0.3) is 0 Å². The number of anilines is 1. The van der Waals surface area contributed by atoms with Crippen LogP contribution >= 0.6 is 0 Å². The van der Waals surface area contributed by atoms with Crippen LogP contribution in [0.5, 0.6) is 0 Å². The van der Waals surface area contributed by atoms with Gasteiger partial charge in [-0.2, -0.15) is 0 Å². The zero-order valence-corrected chi connectivity index (χ0v) is 14.4. The molecule has 2 aromatic carbocycles. The molecular weight excluding hydrogens is 352 g/mol. The number of carbonyl (C=O) groups is 4. The number of rotatable bonds is 7. The van der Waals surface area contributed by atoms with Crippen LogP contribution in [0.15, 0.2) is 48.5 Å². The highest BCUT2D eigenvalue weighted by Crippen LogP contribution is 2.16. The van der Waals surface area contributed by atoms with Crippen molar-refractivity contribution in [2.45, 2.75) is 19.4 Å². The zero-order chi connectivity index (χ0) is 20.0. The Morgan fingerprint density at radius 3 is 2.15 bits per heavy atom. The summed E-state index contributed by atoms with van der Waals surface area (Å²) in [6.07, 6.45) is -0.0245. The Morgan fingerprint density at radius 1 is 0.963 bits per heavy atom. The Hall–Kier alpha value is -3.68. The normalized spacial score (nSPS) is 11.3. The van der Waals surface area contributed by atoms with Crippen LogP contribution in [-0.2, 0) is 16.0 Å². The number of para-hydroxylation sites is 1. The molecule has 0 saturated heterocycles. The van der Waals surface area contributed by atoms with E-state index in [4.69, 9.17) is 5.11 Å². The van der Waals surface area contributed by atoms with Gasteiger partial charge < -0.3 is 20.8 Å². The number of benzene rings is 2. The molecule has 0 unspecified atom stereocenters. The van der Waals surface area contributed by atoms with Crippen LogP contribution in [0.4, 0.5) is 5.69 Å². The first-order chi connectivity index (χ1) is 12.8. The molecule has 2 aromatic rings. The highest BCUT2D eigenvalue weighted by molar-refractivity contribution is 6.04. The van der Waals surface area contributed by atoms with Crippen molar-refractivity contribution in [1.82, 2.24) is 5.32 Å². The third-order valence-electron chi connectivity index (χ3n) is 3.73. The maximum atomic E-state index is 12.5. The number of hydrogen-bond donors (Lipinski definition) is 4. The Morgan fingerprint density at radius 2 is 1.59 bits per heavy atom. The molecule has 2 amide bonds. The molecule has 0 saturated carbocycles. The summed E-state index contributed by atoms with van der Waals surface area (Å²) >= 11 is 0. The number of nitrogens with one attached hydrogen (secondary N) is 2. The maximum Gasteiger partial charge on any atom is 0.335 e. The monoisotopic (exact) mass is 370 g/mol. The molecule has 27 heavy (non-hydrogen) atoms. The first-order valence-corrected chi connectivity index (χ1v) is 8.00. The first-order valence-electron chi connectivity index (χ1n) is 8.00. The lowest BCUT2D eigenvalue weighted by atomic mass is 10.0. The molecule has 0 fully saturated rings. The van der Waals surface area contributed by atoms with Gasteiger partial charge in [-0.3, -0.25) is 9.59 Å². The largest absolute Gasteiger partial charge is 0.480 e. The van der Waals surface area contributed by atoms with E-state index in [1.54, 1.807) is 12.1 Å². The Balaban J connectivity index is 2.16. The van der Waals surface area contributed by atoms with Crippen molar-refractivity contribution in [2.75, 3.05) is 5.32 Å². The van der Waals surface area contributed by atoms with Gasteiger partial charge in [-0.1, -0.05) is 24.3 Å². The summed E-state index contributed by atoms with van der Waals surface area (Å²) in [5, 5.41) is 23.3. The number of aliphatic carboxylic acids is 1. The highest BCUT2D eigenvalue weighted by Gasteiger charge is 2.22. The van der Waals surface area contributed by atoms with Crippen LogP contribution in [0.2, 0.25) is 0 Å². The molecule has 0 bridgehead atoms. The van der Waals surface area contributed by atoms with Gasteiger partial charge in [-0.25, -0.2) is 9.59 Å². The van der Waals surface area contributed by atoms with E-state index in [2.05, 4.69) is 10.6 Å². The molecule has 0 radical (unpaired) electrons. The summed E-state index contributed by atoms with van der Waals surface area (Å²) in [5.41, 5.74) is 1.05. The van der Waals surface area contributed by atoms with Crippen molar-refractivity contribution < 1.29 is 29.4 Å². The fourth-order valence-corrected chi connectivity index (χ4v) is 2.43. The average molecular weight is 370 g/mol. The molecule has 0 aliphatic carbocycles. The van der Waals surface area contributed by atoms with E-state index in [1.165, 1.54) is 43.3 Å². The second-order valence-corrected chi connectivity index (χ2v) is 5.80. The summed E-state index contributed by atoms with van der Waals surface area (Å²) in [5.74, 6) is -3.32. The zero-order valence-electron chi connectivity index (χ0n) is 14.4. The van der Waals surface area contributed by atoms with Crippen LogP contribution < -0.4 is 10.6 Å². The van der Waals surface area contributed by atoms with Crippen LogP contribution in [0, 0.1) is 0 Å². The topological polar surface area (TPSA) is 133 Å². The maximum absolute atomic E-state index is 12.5. The Kier molecular flexibility index (Phi) is 6.27. The van der Waals surface area contributed by atoms with Gasteiger partial charge in [-0.15, -0.1) is 0 Å². The molecule has 140 valence electrons. The third kappa shape index (κ3) is 5.40. The lowest BCUT2D eigenvalue weighted by Crippen LogP contribution is -2.42. The molecule has 0 spiro atoms. The second kappa shape index (κ2) is 8.61. The molecule has 0 heterocycles. The molecule has 8 heteroatoms. The SMILES string of the molecule is CC(=O)Nc1ccccc1C(=O)N[C@@H](Cc1ccc(C(=O)O)cc1)C(=O)O. The number of aromatic carboxylic acids is 1. The smallest absolute Gasteiger partial charge is 0.335 e. The Bertz CT molecular complexity index is 876. The number of amides is 2. The average Bonchev–Trinajstić information content (AvgIpc) is 2.61. The summed E-state index contributed by atoms with van der Waals surface area (Å²) in [6.45, 7) is 1.30. The van der Waals surface area contributed by atoms with Gasteiger partial charge in [0.2, 0.25) is 5.91 Å². The van der Waals surface area contributed by atoms with Crippen molar-refractivity contribution in [2.24, 2.45) is 0 Å². The van der Waals surface area contributed by atoms with E-state index in [9.17, 15) is 24.3 Å². The summed E-state index contributed by atoms with van der Waals surface area (Å²) < 4.78 is 0. The van der Waals surface area contributed by atoms with Crippen molar-refractivity contribution in [3.05, 3.63) is 65.2 Å². The van der Waals surface area contributed by atoms with Gasteiger partial charge >= 0.3 is 11.9 Å². The third-order valence-corrected chi connectivity index (χ3v) is 3.73. The standard InChI is InChI=1S/C19H18N2O6/c1-11(22)20-15-5-3-2-4-14(15)17(23)21-16(19(26)27)10-12-6-8-13(9-7-12)18(24)25/h2-9,16H,10H2,1H3,(H,20,22)(H,21,23)(H,24,25)(H,26,27)/t16-/m0/s1. The lowest BCUT2D eigenvalue weighted by molar-refractivity contribution is -0.139.